The Morgan fingerprint density at radius 2 is 1.13 bits per heavy atom. The van der Waals surface area contributed by atoms with Gasteiger partial charge in [0, 0.05) is 59.3 Å². The van der Waals surface area contributed by atoms with Gasteiger partial charge in [-0.15, -0.1) is 0 Å². The van der Waals surface area contributed by atoms with E-state index in [9.17, 15) is 38.5 Å². The summed E-state index contributed by atoms with van der Waals surface area (Å²) < 4.78 is 59.1. The van der Waals surface area contributed by atoms with E-state index in [4.69, 9.17) is 33.1 Å². The number of carbonyl (C=O) groups excluding carboxylic acids is 4. The Balaban J connectivity index is 0.000000733. The van der Waals surface area contributed by atoms with Gasteiger partial charge in [0.15, 0.2) is 27.1 Å². The van der Waals surface area contributed by atoms with Gasteiger partial charge in [0.2, 0.25) is 6.29 Å². The van der Waals surface area contributed by atoms with Crippen LogP contribution < -0.4 is 0 Å². The Labute approximate surface area is 264 Å². The van der Waals surface area contributed by atoms with E-state index in [2.05, 4.69) is 4.74 Å². The molecular formula is C27H50O16P2. The third-order valence-electron chi connectivity index (χ3n) is 6.33. The Bertz CT molecular complexity index is 1040. The molecule has 2 fully saturated rings. The largest absolute Gasteiger partial charge is 0.455 e. The van der Waals surface area contributed by atoms with Crippen LogP contribution in [-0.2, 0) is 61.0 Å². The van der Waals surface area contributed by atoms with Crippen molar-refractivity contribution >= 4 is 38.6 Å². The molecular weight excluding hydrogens is 642 g/mol. The maximum Gasteiger partial charge on any atom is 0.310 e. The van der Waals surface area contributed by atoms with E-state index < -0.39 is 75.6 Å². The molecule has 0 spiro atoms. The first-order valence-corrected chi connectivity index (χ1v) is 19.0. The minimum absolute atomic E-state index is 0.171. The maximum absolute atomic E-state index is 12.1. The summed E-state index contributed by atoms with van der Waals surface area (Å²) in [5.74, 6) is -2.27. The van der Waals surface area contributed by atoms with Crippen molar-refractivity contribution < 1.29 is 76.4 Å². The molecule has 2 aliphatic heterocycles. The predicted octanol–water partition coefficient (Wildman–Crippen LogP) is 2.03. The van der Waals surface area contributed by atoms with Crippen molar-refractivity contribution in [2.45, 2.75) is 104 Å². The molecule has 2 heterocycles. The van der Waals surface area contributed by atoms with Crippen LogP contribution in [0.4, 0.5) is 0 Å². The van der Waals surface area contributed by atoms with Crippen LogP contribution in [0, 0.1) is 5.92 Å². The van der Waals surface area contributed by atoms with Gasteiger partial charge in [-0.25, -0.2) is 0 Å². The second-order valence-corrected chi connectivity index (χ2v) is 16.1. The summed E-state index contributed by atoms with van der Waals surface area (Å²) in [6.45, 7) is 14.2. The Kier molecular flexibility index (Phi) is 19.7. The lowest BCUT2D eigenvalue weighted by Crippen LogP contribution is -2.33. The van der Waals surface area contributed by atoms with Gasteiger partial charge in [0.05, 0.1) is 25.4 Å². The van der Waals surface area contributed by atoms with Crippen molar-refractivity contribution in [1.82, 2.24) is 0 Å². The summed E-state index contributed by atoms with van der Waals surface area (Å²) in [5, 5.41) is 27.9. The lowest BCUT2D eigenvalue weighted by molar-refractivity contribution is -0.194. The van der Waals surface area contributed by atoms with Crippen LogP contribution in [-0.4, -0.2) is 121 Å². The van der Waals surface area contributed by atoms with Crippen molar-refractivity contribution in [3.63, 3.8) is 0 Å². The first-order valence-electron chi connectivity index (χ1n) is 14.5. The smallest absolute Gasteiger partial charge is 0.310 e. The zero-order chi connectivity index (χ0) is 35.1. The second kappa shape index (κ2) is 20.5. The standard InChI is InChI=1S/C14H25O7P.C9H19O6P.C4H6O3/c1-6-18-22(5,17)8-7-12-9(2)13(19-10(3)15)14(21-12)20-11(4)16;1-3-14-16(2,13)5-4-6-7(10)8(11)9(12)15-6;1-3(5)7-4(2)6/h9,12-14H,6-8H2,1-5H3;6-12H,3-5H2,1-2H3;1-2H3/t9-,12-,13?,14?,22?;6-,7-,8-,9?,16?;/m11./s1. The zero-order valence-electron chi connectivity index (χ0n) is 27.4. The average Bonchev–Trinajstić information content (AvgIpc) is 3.30. The molecule has 3 N–H and O–H groups in total. The lowest BCUT2D eigenvalue weighted by Gasteiger charge is -2.20. The van der Waals surface area contributed by atoms with Crippen LogP contribution in [0.3, 0.4) is 0 Å². The van der Waals surface area contributed by atoms with Crippen LogP contribution in [0.5, 0.6) is 0 Å². The SMILES string of the molecule is CC(=O)OC(C)=O.CCOP(C)(=O)CC[C@H]1OC(O)[C@H](O)[C@@H]1O.CCOP(C)(=O)CC[C@H]1OC(OC(C)=O)C(OC(C)=O)[C@@H]1C. The third kappa shape index (κ3) is 17.7. The molecule has 10 atom stereocenters. The number of ether oxygens (including phenoxy) is 5. The molecule has 0 aromatic heterocycles. The first-order chi connectivity index (χ1) is 20.7. The number of esters is 4. The van der Waals surface area contributed by atoms with Crippen molar-refractivity contribution in [3.8, 4) is 0 Å². The highest BCUT2D eigenvalue weighted by Gasteiger charge is 2.46. The van der Waals surface area contributed by atoms with Gasteiger partial charge in [-0.05, 0) is 26.7 Å². The summed E-state index contributed by atoms with van der Waals surface area (Å²) in [5.41, 5.74) is 0. The highest BCUT2D eigenvalue weighted by atomic mass is 31.2. The number of carbonyl (C=O) groups is 4. The van der Waals surface area contributed by atoms with Crippen LogP contribution in [0.1, 0.15) is 61.3 Å². The van der Waals surface area contributed by atoms with Gasteiger partial charge in [0.1, 0.15) is 12.2 Å². The molecule has 2 saturated heterocycles. The van der Waals surface area contributed by atoms with Crippen LogP contribution >= 0.6 is 14.7 Å². The monoisotopic (exact) mass is 692 g/mol. The third-order valence-corrected chi connectivity index (χ3v) is 10.1. The number of hydrogen-bond acceptors (Lipinski definition) is 16. The summed E-state index contributed by atoms with van der Waals surface area (Å²) in [6, 6.07) is 0. The number of hydrogen-bond donors (Lipinski definition) is 3. The van der Waals surface area contributed by atoms with Crippen LogP contribution in [0.25, 0.3) is 0 Å². The van der Waals surface area contributed by atoms with Crippen molar-refractivity contribution in [2.24, 2.45) is 5.92 Å². The van der Waals surface area contributed by atoms with E-state index in [1.807, 2.05) is 6.92 Å². The van der Waals surface area contributed by atoms with Gasteiger partial charge in [0.25, 0.3) is 0 Å². The minimum Gasteiger partial charge on any atom is -0.455 e. The molecule has 16 nitrogen and oxygen atoms in total. The molecule has 2 aliphatic rings. The number of aliphatic hydroxyl groups excluding tert-OH is 3. The quantitative estimate of drug-likeness (QED) is 0.115. The molecule has 0 aromatic rings. The molecule has 0 bridgehead atoms. The van der Waals surface area contributed by atoms with E-state index >= 15 is 0 Å². The summed E-state index contributed by atoms with van der Waals surface area (Å²) in [4.78, 5) is 42.0. The van der Waals surface area contributed by atoms with E-state index in [1.165, 1.54) is 34.4 Å². The van der Waals surface area contributed by atoms with Crippen molar-refractivity contribution in [3.05, 3.63) is 0 Å². The zero-order valence-corrected chi connectivity index (χ0v) is 29.2. The molecule has 18 heteroatoms. The molecule has 0 radical (unpaired) electrons. The summed E-state index contributed by atoms with van der Waals surface area (Å²) in [6.07, 6.45) is -5.04. The molecule has 45 heavy (non-hydrogen) atoms. The fourth-order valence-electron chi connectivity index (χ4n) is 4.35. The minimum atomic E-state index is -2.67. The number of aliphatic hydroxyl groups is 3. The normalized spacial score (nSPS) is 29.9. The van der Waals surface area contributed by atoms with Gasteiger partial charge in [-0.2, -0.15) is 0 Å². The Morgan fingerprint density at radius 1 is 0.689 bits per heavy atom. The van der Waals surface area contributed by atoms with Crippen LogP contribution in [0.15, 0.2) is 0 Å². The fourth-order valence-corrected chi connectivity index (χ4v) is 7.14. The summed E-state index contributed by atoms with van der Waals surface area (Å²) >= 11 is 0. The molecule has 2 rings (SSSR count). The van der Waals surface area contributed by atoms with E-state index in [1.54, 1.807) is 20.5 Å². The number of rotatable bonds is 12. The molecule has 0 saturated carbocycles. The Morgan fingerprint density at radius 3 is 1.47 bits per heavy atom. The van der Waals surface area contributed by atoms with Gasteiger partial charge in [-0.3, -0.25) is 28.3 Å². The van der Waals surface area contributed by atoms with Crippen molar-refractivity contribution in [2.75, 3.05) is 38.9 Å². The first kappa shape index (κ1) is 43.3. The Hall–Kier alpha value is -1.74. The lowest BCUT2D eigenvalue weighted by atomic mass is 9.99. The van der Waals surface area contributed by atoms with E-state index in [-0.39, 0.29) is 24.6 Å². The second-order valence-electron chi connectivity index (χ2n) is 10.6. The van der Waals surface area contributed by atoms with Crippen molar-refractivity contribution in [1.29, 1.82) is 0 Å². The van der Waals surface area contributed by atoms with E-state index in [0.29, 0.717) is 25.8 Å². The maximum atomic E-state index is 12.1. The van der Waals surface area contributed by atoms with Gasteiger partial charge >= 0.3 is 23.9 Å². The van der Waals surface area contributed by atoms with Crippen LogP contribution in [0.2, 0.25) is 0 Å². The highest BCUT2D eigenvalue weighted by molar-refractivity contribution is 7.58. The van der Waals surface area contributed by atoms with Gasteiger partial charge < -0.3 is 48.1 Å². The average molecular weight is 693 g/mol. The fraction of sp³-hybridized carbons (Fsp3) is 0.852. The molecule has 0 aromatic carbocycles. The summed E-state index contributed by atoms with van der Waals surface area (Å²) in [7, 11) is -5.33. The highest BCUT2D eigenvalue weighted by Crippen LogP contribution is 2.45. The molecule has 264 valence electrons. The molecule has 5 unspecified atom stereocenters. The molecule has 0 aliphatic carbocycles. The molecule has 0 amide bonds. The van der Waals surface area contributed by atoms with E-state index in [0.717, 1.165) is 0 Å². The predicted molar refractivity (Wildman–Crippen MR) is 160 cm³/mol. The topological polar surface area (TPSA) is 228 Å². The van der Waals surface area contributed by atoms with Gasteiger partial charge in [-0.1, -0.05) is 6.92 Å².